The average Bonchev–Trinajstić information content (AvgIpc) is 3.37. The standard InChI is InChI=1S/C32H40N2O5S/c1-23(2)28-22-34-24(3)9-7-10-29(34)32(28)40(35,36)27-14-12-26(13-15-27)39-20-8-18-33(4)19-17-25-11-16-30(37-5)31(21-25)38-6/h7,9-16,21-23H,8,17-20H2,1-6H3. The number of nitrogens with zero attached hydrogens (tertiary/aromatic N) is 2. The topological polar surface area (TPSA) is 69.5 Å². The molecule has 0 amide bonds. The zero-order chi connectivity index (χ0) is 28.9. The average molecular weight is 565 g/mol. The van der Waals surface area contributed by atoms with Crippen molar-refractivity contribution in [3.05, 3.63) is 83.7 Å². The Morgan fingerprint density at radius 3 is 2.33 bits per heavy atom. The van der Waals surface area contributed by atoms with E-state index in [-0.39, 0.29) is 10.8 Å². The monoisotopic (exact) mass is 564 g/mol. The Hall–Kier alpha value is -3.49. The van der Waals surface area contributed by atoms with Crippen LogP contribution in [0.2, 0.25) is 0 Å². The Labute approximate surface area is 238 Å². The molecule has 2 aromatic heterocycles. The molecule has 0 bridgehead atoms. The molecular formula is C32H40N2O5S. The highest BCUT2D eigenvalue weighted by molar-refractivity contribution is 7.91. The summed E-state index contributed by atoms with van der Waals surface area (Å²) in [5, 5.41) is 0. The van der Waals surface area contributed by atoms with Crippen molar-refractivity contribution in [1.82, 2.24) is 9.30 Å². The van der Waals surface area contributed by atoms with Crippen molar-refractivity contribution in [1.29, 1.82) is 0 Å². The minimum absolute atomic E-state index is 0.0730. The van der Waals surface area contributed by atoms with E-state index in [1.54, 1.807) is 38.5 Å². The predicted molar refractivity (Wildman–Crippen MR) is 159 cm³/mol. The van der Waals surface area contributed by atoms with Crippen molar-refractivity contribution in [3.8, 4) is 17.2 Å². The minimum Gasteiger partial charge on any atom is -0.494 e. The Morgan fingerprint density at radius 2 is 1.65 bits per heavy atom. The summed E-state index contributed by atoms with van der Waals surface area (Å²) in [7, 11) is 1.68. The van der Waals surface area contributed by atoms with E-state index in [1.165, 1.54) is 5.56 Å². The molecule has 0 spiro atoms. The minimum atomic E-state index is -3.70. The van der Waals surface area contributed by atoms with Gasteiger partial charge < -0.3 is 23.5 Å². The molecule has 0 unspecified atom stereocenters. The van der Waals surface area contributed by atoms with Gasteiger partial charge in [0.1, 0.15) is 10.6 Å². The second-order valence-corrected chi connectivity index (χ2v) is 12.3. The largest absolute Gasteiger partial charge is 0.494 e. The highest BCUT2D eigenvalue weighted by Gasteiger charge is 2.27. The highest BCUT2D eigenvalue weighted by Crippen LogP contribution is 2.35. The lowest BCUT2D eigenvalue weighted by atomic mass is 10.1. The summed E-state index contributed by atoms with van der Waals surface area (Å²) in [5.41, 5.74) is 3.72. The summed E-state index contributed by atoms with van der Waals surface area (Å²) in [6.45, 7) is 8.37. The third-order valence-corrected chi connectivity index (χ3v) is 9.08. The van der Waals surface area contributed by atoms with E-state index in [9.17, 15) is 8.42 Å². The van der Waals surface area contributed by atoms with Crippen LogP contribution in [0.5, 0.6) is 17.2 Å². The normalized spacial score (nSPS) is 11.9. The number of pyridine rings is 1. The fraction of sp³-hybridized carbons (Fsp3) is 0.375. The fourth-order valence-corrected chi connectivity index (χ4v) is 6.63. The Kier molecular flexibility index (Phi) is 9.43. The van der Waals surface area contributed by atoms with Gasteiger partial charge in [-0.05, 0) is 92.4 Å². The predicted octanol–water partition coefficient (Wildman–Crippen LogP) is 6.16. The van der Waals surface area contributed by atoms with E-state index in [0.717, 1.165) is 48.7 Å². The fourth-order valence-electron chi connectivity index (χ4n) is 4.86. The van der Waals surface area contributed by atoms with Crippen LogP contribution in [0.15, 0.2) is 76.7 Å². The molecule has 40 heavy (non-hydrogen) atoms. The van der Waals surface area contributed by atoms with Crippen LogP contribution in [0.4, 0.5) is 0 Å². The molecule has 0 atom stereocenters. The second-order valence-electron chi connectivity index (χ2n) is 10.4. The van der Waals surface area contributed by atoms with E-state index in [4.69, 9.17) is 14.2 Å². The van der Waals surface area contributed by atoms with E-state index in [1.807, 2.05) is 61.7 Å². The smallest absolute Gasteiger partial charge is 0.209 e. The number of aryl methyl sites for hydroxylation is 1. The van der Waals surface area contributed by atoms with Gasteiger partial charge >= 0.3 is 0 Å². The first-order valence-electron chi connectivity index (χ1n) is 13.6. The molecule has 0 aliphatic rings. The van der Waals surface area contributed by atoms with Gasteiger partial charge in [0.15, 0.2) is 11.5 Å². The van der Waals surface area contributed by atoms with Crippen LogP contribution in [0.3, 0.4) is 0 Å². The molecule has 0 saturated carbocycles. The van der Waals surface area contributed by atoms with Gasteiger partial charge in [-0.3, -0.25) is 0 Å². The lowest BCUT2D eigenvalue weighted by molar-refractivity contribution is 0.264. The first-order chi connectivity index (χ1) is 19.1. The number of likely N-dealkylation sites (N-methyl/N-ethyl adjacent to an activating group) is 1. The van der Waals surface area contributed by atoms with Gasteiger partial charge in [-0.25, -0.2) is 8.42 Å². The molecule has 0 N–H and O–H groups in total. The SMILES string of the molecule is COc1ccc(CCN(C)CCCOc2ccc(S(=O)(=O)c3c(C(C)C)cn4c(C)cccc34)cc2)cc1OC. The molecule has 0 aliphatic carbocycles. The van der Waals surface area contributed by atoms with Gasteiger partial charge in [0.05, 0.1) is 31.2 Å². The Bertz CT molecular complexity index is 1540. The van der Waals surface area contributed by atoms with Crippen LogP contribution < -0.4 is 14.2 Å². The van der Waals surface area contributed by atoms with Crippen molar-refractivity contribution >= 4 is 15.4 Å². The quantitative estimate of drug-likeness (QED) is 0.181. The van der Waals surface area contributed by atoms with Crippen LogP contribution in [-0.4, -0.2) is 58.7 Å². The van der Waals surface area contributed by atoms with Crippen LogP contribution in [0.25, 0.3) is 5.52 Å². The first-order valence-corrected chi connectivity index (χ1v) is 15.1. The van der Waals surface area contributed by atoms with Crippen LogP contribution in [0.1, 0.15) is 43.0 Å². The molecule has 8 heteroatoms. The molecule has 0 aliphatic heterocycles. The number of ether oxygens (including phenoxy) is 3. The number of methoxy groups -OCH3 is 2. The maximum atomic E-state index is 13.8. The number of hydrogen-bond donors (Lipinski definition) is 0. The van der Waals surface area contributed by atoms with Crippen LogP contribution in [0, 0.1) is 6.92 Å². The van der Waals surface area contributed by atoms with Gasteiger partial charge in [0.25, 0.3) is 0 Å². The third-order valence-electron chi connectivity index (χ3n) is 7.20. The van der Waals surface area contributed by atoms with Gasteiger partial charge in [-0.1, -0.05) is 26.0 Å². The molecule has 2 heterocycles. The van der Waals surface area contributed by atoms with Crippen molar-refractivity contribution in [2.24, 2.45) is 0 Å². The third kappa shape index (κ3) is 6.45. The summed E-state index contributed by atoms with van der Waals surface area (Å²) in [4.78, 5) is 2.92. The summed E-state index contributed by atoms with van der Waals surface area (Å²) < 4.78 is 46.1. The van der Waals surface area contributed by atoms with Gasteiger partial charge in [-0.15, -0.1) is 0 Å². The van der Waals surface area contributed by atoms with E-state index < -0.39 is 9.84 Å². The zero-order valence-corrected chi connectivity index (χ0v) is 25.1. The second kappa shape index (κ2) is 12.8. The summed E-state index contributed by atoms with van der Waals surface area (Å²) >= 11 is 0. The number of hydrogen-bond acceptors (Lipinski definition) is 6. The Morgan fingerprint density at radius 1 is 0.925 bits per heavy atom. The van der Waals surface area contributed by atoms with E-state index in [2.05, 4.69) is 18.0 Å². The number of aromatic nitrogens is 1. The number of rotatable bonds is 13. The molecule has 214 valence electrons. The molecular weight excluding hydrogens is 524 g/mol. The molecule has 7 nitrogen and oxygen atoms in total. The maximum Gasteiger partial charge on any atom is 0.209 e. The lowest BCUT2D eigenvalue weighted by Crippen LogP contribution is -2.23. The van der Waals surface area contributed by atoms with Crippen molar-refractivity contribution in [3.63, 3.8) is 0 Å². The van der Waals surface area contributed by atoms with Crippen molar-refractivity contribution in [2.45, 2.75) is 49.3 Å². The molecule has 4 aromatic rings. The number of fused-ring (bicyclic) bond motifs is 1. The molecule has 0 saturated heterocycles. The highest BCUT2D eigenvalue weighted by atomic mass is 32.2. The molecule has 0 fully saturated rings. The van der Waals surface area contributed by atoms with Gasteiger partial charge in [0.2, 0.25) is 9.84 Å². The van der Waals surface area contributed by atoms with Gasteiger partial charge in [0, 0.05) is 25.0 Å². The van der Waals surface area contributed by atoms with E-state index in [0.29, 0.717) is 22.8 Å². The lowest BCUT2D eigenvalue weighted by Gasteiger charge is -2.17. The van der Waals surface area contributed by atoms with Crippen molar-refractivity contribution in [2.75, 3.05) is 41.0 Å². The first kappa shape index (κ1) is 29.5. The number of sulfone groups is 1. The number of benzene rings is 2. The molecule has 4 rings (SSSR count). The zero-order valence-electron chi connectivity index (χ0n) is 24.3. The van der Waals surface area contributed by atoms with Crippen LogP contribution >= 0.6 is 0 Å². The maximum absolute atomic E-state index is 13.8. The van der Waals surface area contributed by atoms with Gasteiger partial charge in [-0.2, -0.15) is 0 Å². The van der Waals surface area contributed by atoms with Crippen molar-refractivity contribution < 1.29 is 22.6 Å². The summed E-state index contributed by atoms with van der Waals surface area (Å²) in [6, 6.07) is 18.5. The van der Waals surface area contributed by atoms with Crippen LogP contribution in [-0.2, 0) is 16.3 Å². The molecule has 0 radical (unpaired) electrons. The summed E-state index contributed by atoms with van der Waals surface area (Å²) in [5.74, 6) is 2.21. The summed E-state index contributed by atoms with van der Waals surface area (Å²) in [6.07, 6.45) is 3.71. The van der Waals surface area contributed by atoms with E-state index >= 15 is 0 Å². The Balaban J connectivity index is 1.33. The molecule has 2 aromatic carbocycles.